The molecule has 0 atom stereocenters. The quantitative estimate of drug-likeness (QED) is 0.204. The summed E-state index contributed by atoms with van der Waals surface area (Å²) in [6, 6.07) is 16.5. The molecule has 6 aromatic carbocycles. The molecule has 44 heavy (non-hydrogen) atoms. The lowest BCUT2D eigenvalue weighted by atomic mass is 10.0. The highest BCUT2D eigenvalue weighted by molar-refractivity contribution is 7.25. The normalized spacial score (nSPS) is 15.1. The maximum atomic E-state index is 9.40. The molecular formula is C39H23N3OS. The molecule has 0 aliphatic rings. The largest absolute Gasteiger partial charge is 0.455 e. The van der Waals surface area contributed by atoms with Crippen molar-refractivity contribution in [3.63, 3.8) is 0 Å². The second kappa shape index (κ2) is 9.97. The molecule has 0 bridgehead atoms. The van der Waals surface area contributed by atoms with Crippen LogP contribution < -0.4 is 0 Å². The predicted molar refractivity (Wildman–Crippen MR) is 182 cm³/mol. The number of hydrogen-bond donors (Lipinski definition) is 0. The van der Waals surface area contributed by atoms with Gasteiger partial charge in [0.2, 0.25) is 0 Å². The summed E-state index contributed by atoms with van der Waals surface area (Å²) in [5.41, 5.74) is -0.282. The van der Waals surface area contributed by atoms with Crippen LogP contribution in [0.3, 0.4) is 0 Å². The number of aromatic nitrogens is 3. The topological polar surface area (TPSA) is 51.8 Å². The third-order valence-corrected chi connectivity index (χ3v) is 8.49. The lowest BCUT2D eigenvalue weighted by molar-refractivity contribution is 0.670. The van der Waals surface area contributed by atoms with E-state index in [4.69, 9.17) is 30.3 Å². The molecule has 3 aromatic heterocycles. The van der Waals surface area contributed by atoms with E-state index in [1.165, 1.54) is 0 Å². The molecule has 0 saturated heterocycles. The van der Waals surface area contributed by atoms with Gasteiger partial charge in [-0.3, -0.25) is 0 Å². The van der Waals surface area contributed by atoms with Gasteiger partial charge in [-0.2, -0.15) is 0 Å². The second-order valence-corrected chi connectivity index (χ2v) is 11.1. The number of thiophene rings is 1. The molecule has 4 nitrogen and oxygen atoms in total. The zero-order valence-electron chi connectivity index (χ0n) is 33.6. The van der Waals surface area contributed by atoms with E-state index < -0.39 is 72.0 Å². The van der Waals surface area contributed by atoms with Crippen molar-refractivity contribution in [3.8, 4) is 45.3 Å². The van der Waals surface area contributed by atoms with Crippen LogP contribution in [0.2, 0.25) is 0 Å². The van der Waals surface area contributed by atoms with Crippen LogP contribution in [-0.2, 0) is 0 Å². The Kier molecular flexibility index (Phi) is 3.69. The molecule has 9 aromatic rings. The average molecular weight is 593 g/mol. The molecule has 0 N–H and O–H groups in total. The van der Waals surface area contributed by atoms with Crippen LogP contribution in [0.15, 0.2) is 144 Å². The van der Waals surface area contributed by atoms with Gasteiger partial charge in [-0.15, -0.1) is 11.3 Å². The lowest BCUT2D eigenvalue weighted by Crippen LogP contribution is -2.00. The molecular weight excluding hydrogens is 559 g/mol. The van der Waals surface area contributed by atoms with Crippen molar-refractivity contribution in [2.45, 2.75) is 0 Å². The van der Waals surface area contributed by atoms with Gasteiger partial charge >= 0.3 is 0 Å². The van der Waals surface area contributed by atoms with E-state index in [2.05, 4.69) is 6.07 Å². The number of rotatable bonds is 4. The summed E-state index contributed by atoms with van der Waals surface area (Å²) in [4.78, 5) is 14.3. The zero-order valence-corrected chi connectivity index (χ0v) is 23.4. The molecule has 0 saturated carbocycles. The van der Waals surface area contributed by atoms with Crippen molar-refractivity contribution in [3.05, 3.63) is 139 Å². The molecule has 9 rings (SSSR count). The average Bonchev–Trinajstić information content (AvgIpc) is 3.78. The fourth-order valence-corrected chi connectivity index (χ4v) is 6.36. The Labute approximate surface area is 272 Å². The Balaban J connectivity index is 1.34. The first-order valence-corrected chi connectivity index (χ1v) is 14.5. The first kappa shape index (κ1) is 16.3. The number of furan rings is 1. The van der Waals surface area contributed by atoms with Crippen LogP contribution in [-0.4, -0.2) is 15.0 Å². The summed E-state index contributed by atoms with van der Waals surface area (Å²) >= 11 is 1.66. The minimum atomic E-state index is -0.676. The van der Waals surface area contributed by atoms with Gasteiger partial charge in [-0.05, 0) is 41.9 Å². The molecule has 0 aliphatic heterocycles. The maximum absolute atomic E-state index is 9.40. The highest BCUT2D eigenvalue weighted by atomic mass is 32.1. The summed E-state index contributed by atoms with van der Waals surface area (Å²) in [6.07, 6.45) is 0. The minimum absolute atomic E-state index is 0.0933. The third-order valence-electron chi connectivity index (χ3n) is 7.34. The van der Waals surface area contributed by atoms with E-state index in [1.807, 2.05) is 66.7 Å². The van der Waals surface area contributed by atoms with E-state index >= 15 is 0 Å². The van der Waals surface area contributed by atoms with Gasteiger partial charge in [0.25, 0.3) is 0 Å². The Morgan fingerprint density at radius 1 is 0.523 bits per heavy atom. The first-order chi connectivity index (χ1) is 26.4. The molecule has 0 fully saturated rings. The molecule has 0 unspecified atom stereocenters. The smallest absolute Gasteiger partial charge is 0.164 e. The van der Waals surface area contributed by atoms with Crippen LogP contribution in [0, 0.1) is 0 Å². The number of nitrogens with zero attached hydrogens (tertiary/aromatic N) is 3. The Morgan fingerprint density at radius 2 is 1.27 bits per heavy atom. The summed E-state index contributed by atoms with van der Waals surface area (Å²) in [5, 5.41) is 1.70. The number of hydrogen-bond acceptors (Lipinski definition) is 5. The molecule has 0 aliphatic carbocycles. The van der Waals surface area contributed by atoms with E-state index in [1.54, 1.807) is 11.3 Å². The summed E-state index contributed by atoms with van der Waals surface area (Å²) in [5.74, 6) is 0.412. The molecule has 5 heteroatoms. The van der Waals surface area contributed by atoms with Crippen LogP contribution in [0.5, 0.6) is 0 Å². The number of benzene rings is 6. The number of fused-ring (bicyclic) bond motifs is 6. The lowest BCUT2D eigenvalue weighted by Gasteiger charge is -2.08. The zero-order chi connectivity index (χ0) is 38.6. The van der Waals surface area contributed by atoms with Crippen LogP contribution in [0.1, 0.15) is 15.1 Å². The van der Waals surface area contributed by atoms with E-state index in [-0.39, 0.29) is 50.5 Å². The Hall–Kier alpha value is -5.65. The van der Waals surface area contributed by atoms with Gasteiger partial charge in [0.05, 0.1) is 15.1 Å². The maximum Gasteiger partial charge on any atom is 0.164 e. The van der Waals surface area contributed by atoms with Crippen molar-refractivity contribution in [2.24, 2.45) is 0 Å². The Morgan fingerprint density at radius 3 is 2.14 bits per heavy atom. The van der Waals surface area contributed by atoms with Crippen molar-refractivity contribution < 1.29 is 19.5 Å². The predicted octanol–water partition coefficient (Wildman–Crippen LogP) is 10.8. The van der Waals surface area contributed by atoms with Crippen LogP contribution >= 0.6 is 11.3 Å². The Bertz CT molecular complexity index is 3100. The highest BCUT2D eigenvalue weighted by Gasteiger charge is 2.17. The minimum Gasteiger partial charge on any atom is -0.455 e. The SMILES string of the molecule is [2H]c1c([2H])c([2H])c(-c2c([2H])c([2H])c([2H])c3c2oc2c([2H])c(-c4nc(-c5ccccc5)nc(-c5ccc6sc7ccccc7c6c5)n4)c([2H])c([2H])c23)c([2H])c1[2H]. The third kappa shape index (κ3) is 4.09. The van der Waals surface area contributed by atoms with Gasteiger partial charge in [0.15, 0.2) is 17.5 Å². The van der Waals surface area contributed by atoms with E-state index in [9.17, 15) is 4.11 Å². The highest BCUT2D eigenvalue weighted by Crippen LogP contribution is 2.38. The van der Waals surface area contributed by atoms with E-state index in [0.717, 1.165) is 20.2 Å². The number of para-hydroxylation sites is 1. The standard InChI is InChI=1S/C39H23N3OS/c1-3-10-24(11-4-1)28-15-9-16-31-29-20-18-27(23-33(29)43-36(28)31)39-41-37(25-12-5-2-6-13-25)40-38(42-39)26-19-21-35-32(22-26)30-14-7-8-17-34(30)44-35/h1-23H/i1D,3D,4D,9D,10D,11D,15D,16D,18D,20D,23D. The monoisotopic (exact) mass is 592 g/mol. The fourth-order valence-electron chi connectivity index (χ4n) is 5.28. The second-order valence-electron chi connectivity index (χ2n) is 9.99. The van der Waals surface area contributed by atoms with Gasteiger partial charge in [-0.1, -0.05) is 103 Å². The molecule has 0 radical (unpaired) electrons. The first-order valence-electron chi connectivity index (χ1n) is 19.1. The van der Waals surface area contributed by atoms with Gasteiger partial charge in [0, 0.05) is 53.2 Å². The fraction of sp³-hybridized carbons (Fsp3) is 0. The van der Waals surface area contributed by atoms with Crippen LogP contribution in [0.4, 0.5) is 0 Å². The summed E-state index contributed by atoms with van der Waals surface area (Å²) in [6.45, 7) is 0. The van der Waals surface area contributed by atoms with Gasteiger partial charge < -0.3 is 4.42 Å². The van der Waals surface area contributed by atoms with Crippen molar-refractivity contribution in [2.75, 3.05) is 0 Å². The molecule has 0 spiro atoms. The molecule has 0 amide bonds. The summed E-state index contributed by atoms with van der Waals surface area (Å²) in [7, 11) is 0. The van der Waals surface area contributed by atoms with Crippen molar-refractivity contribution >= 4 is 53.4 Å². The van der Waals surface area contributed by atoms with E-state index in [0.29, 0.717) is 11.1 Å². The molecule has 206 valence electrons. The van der Waals surface area contributed by atoms with Crippen molar-refractivity contribution in [1.82, 2.24) is 15.0 Å². The van der Waals surface area contributed by atoms with Crippen LogP contribution in [0.25, 0.3) is 87.4 Å². The summed E-state index contributed by atoms with van der Waals surface area (Å²) < 4.78 is 104. The molecule has 3 heterocycles. The van der Waals surface area contributed by atoms with Gasteiger partial charge in [0.1, 0.15) is 11.2 Å². The van der Waals surface area contributed by atoms with Crippen molar-refractivity contribution in [1.29, 1.82) is 0 Å². The van der Waals surface area contributed by atoms with Gasteiger partial charge in [-0.25, -0.2) is 15.0 Å².